The Morgan fingerprint density at radius 3 is 2.73 bits per heavy atom. The van der Waals surface area contributed by atoms with E-state index in [1.807, 2.05) is 53.1 Å². The highest BCUT2D eigenvalue weighted by Crippen LogP contribution is 2.38. The second-order valence-electron chi connectivity index (χ2n) is 6.22. The van der Waals surface area contributed by atoms with Crippen molar-refractivity contribution in [1.29, 1.82) is 0 Å². The Kier molecular flexibility index (Phi) is 5.09. The van der Waals surface area contributed by atoms with Crippen LogP contribution in [0.25, 0.3) is 11.0 Å². The van der Waals surface area contributed by atoms with Gasteiger partial charge in [-0.3, -0.25) is 14.8 Å². The summed E-state index contributed by atoms with van der Waals surface area (Å²) in [6, 6.07) is 13.5. The van der Waals surface area contributed by atoms with Gasteiger partial charge in [0.25, 0.3) is 5.91 Å². The number of carbonyl (C=O) groups excluding carboxylic acids is 1. The molecule has 1 aromatic heterocycles. The van der Waals surface area contributed by atoms with Crippen LogP contribution in [0.2, 0.25) is 5.02 Å². The van der Waals surface area contributed by atoms with Crippen molar-refractivity contribution in [2.75, 3.05) is 18.8 Å². The smallest absolute Gasteiger partial charge is 0.253 e. The minimum Gasteiger partial charge on any atom is -0.338 e. The molecular formula is C20H18ClN3OS. The summed E-state index contributed by atoms with van der Waals surface area (Å²) >= 11 is 8.22. The molecule has 1 fully saturated rings. The van der Waals surface area contributed by atoms with E-state index in [0.29, 0.717) is 10.8 Å². The summed E-state index contributed by atoms with van der Waals surface area (Å²) in [5.74, 6) is 0.952. The van der Waals surface area contributed by atoms with Gasteiger partial charge < -0.3 is 4.90 Å². The monoisotopic (exact) mass is 383 g/mol. The van der Waals surface area contributed by atoms with Gasteiger partial charge in [-0.25, -0.2) is 0 Å². The van der Waals surface area contributed by atoms with Crippen molar-refractivity contribution in [3.05, 3.63) is 71.0 Å². The molecule has 132 valence electrons. The molecule has 0 bridgehead atoms. The molecule has 0 aliphatic carbocycles. The summed E-state index contributed by atoms with van der Waals surface area (Å²) in [7, 11) is 0. The summed E-state index contributed by atoms with van der Waals surface area (Å²) in [6.07, 6.45) is 4.20. The summed E-state index contributed by atoms with van der Waals surface area (Å²) in [5.41, 5.74) is 3.37. The number of halogens is 1. The zero-order valence-electron chi connectivity index (χ0n) is 14.1. The molecule has 4 nitrogen and oxygen atoms in total. The molecule has 1 amide bonds. The van der Waals surface area contributed by atoms with E-state index in [0.717, 1.165) is 46.9 Å². The predicted molar refractivity (Wildman–Crippen MR) is 107 cm³/mol. The van der Waals surface area contributed by atoms with E-state index in [1.165, 1.54) is 0 Å². The zero-order chi connectivity index (χ0) is 17.9. The van der Waals surface area contributed by atoms with Crippen molar-refractivity contribution in [3.8, 4) is 0 Å². The van der Waals surface area contributed by atoms with E-state index in [9.17, 15) is 4.79 Å². The summed E-state index contributed by atoms with van der Waals surface area (Å²) in [5, 5.41) is 1.13. The van der Waals surface area contributed by atoms with E-state index in [2.05, 4.69) is 16.0 Å². The largest absolute Gasteiger partial charge is 0.338 e. The first-order valence-electron chi connectivity index (χ1n) is 8.58. The van der Waals surface area contributed by atoms with Crippen LogP contribution in [0.4, 0.5) is 0 Å². The first kappa shape index (κ1) is 17.3. The Morgan fingerprint density at radius 2 is 1.88 bits per heavy atom. The lowest BCUT2D eigenvalue weighted by molar-refractivity contribution is 0.0766. The fourth-order valence-electron chi connectivity index (χ4n) is 3.24. The van der Waals surface area contributed by atoms with Gasteiger partial charge in [-0.15, -0.1) is 0 Å². The van der Waals surface area contributed by atoms with E-state index in [1.54, 1.807) is 12.4 Å². The average molecular weight is 384 g/mol. The average Bonchev–Trinajstić information content (AvgIpc) is 2.93. The first-order chi connectivity index (χ1) is 12.7. The van der Waals surface area contributed by atoms with Crippen molar-refractivity contribution in [1.82, 2.24) is 14.9 Å². The minimum atomic E-state index is 0.0537. The molecule has 0 spiro atoms. The number of benzene rings is 2. The van der Waals surface area contributed by atoms with E-state index in [4.69, 9.17) is 11.6 Å². The van der Waals surface area contributed by atoms with Crippen molar-refractivity contribution >= 4 is 40.3 Å². The SMILES string of the molecule is O=C(c1ccc2nccnc2c1)N1CCSC(c2ccccc2Cl)CC1. The molecule has 2 heterocycles. The Balaban J connectivity index is 1.51. The second-order valence-corrected chi connectivity index (χ2v) is 7.94. The van der Waals surface area contributed by atoms with Crippen LogP contribution < -0.4 is 0 Å². The standard InChI is InChI=1S/C20H18ClN3OS/c21-16-4-2-1-3-15(16)19-7-10-24(11-12-26-19)20(25)14-5-6-17-18(13-14)23-9-8-22-17/h1-6,8-9,13,19H,7,10-12H2. The molecule has 3 aromatic rings. The highest BCUT2D eigenvalue weighted by atomic mass is 35.5. The van der Waals surface area contributed by atoms with Gasteiger partial charge in [-0.1, -0.05) is 29.8 Å². The maximum Gasteiger partial charge on any atom is 0.253 e. The van der Waals surface area contributed by atoms with Crippen LogP contribution in [0.15, 0.2) is 54.9 Å². The van der Waals surface area contributed by atoms with Gasteiger partial charge in [0.2, 0.25) is 0 Å². The van der Waals surface area contributed by atoms with Crippen LogP contribution in [0, 0.1) is 0 Å². The molecule has 1 saturated heterocycles. The quantitative estimate of drug-likeness (QED) is 0.648. The lowest BCUT2D eigenvalue weighted by Crippen LogP contribution is -2.33. The Hall–Kier alpha value is -2.11. The van der Waals surface area contributed by atoms with E-state index in [-0.39, 0.29) is 5.91 Å². The van der Waals surface area contributed by atoms with Crippen molar-refractivity contribution < 1.29 is 4.79 Å². The molecule has 1 aliphatic heterocycles. The Labute approximate surface area is 161 Å². The lowest BCUT2D eigenvalue weighted by Gasteiger charge is -2.20. The van der Waals surface area contributed by atoms with Gasteiger partial charge in [0.05, 0.1) is 11.0 Å². The fourth-order valence-corrected chi connectivity index (χ4v) is 4.84. The van der Waals surface area contributed by atoms with Crippen LogP contribution >= 0.6 is 23.4 Å². The van der Waals surface area contributed by atoms with Gasteiger partial charge in [-0.2, -0.15) is 11.8 Å². The third-order valence-corrected chi connectivity index (χ3v) is 6.25. The van der Waals surface area contributed by atoms with Crippen molar-refractivity contribution in [2.45, 2.75) is 11.7 Å². The van der Waals surface area contributed by atoms with Crippen LogP contribution in [0.5, 0.6) is 0 Å². The van der Waals surface area contributed by atoms with Crippen LogP contribution in [0.1, 0.15) is 27.6 Å². The third kappa shape index (κ3) is 3.55. The normalized spacial score (nSPS) is 17.9. The van der Waals surface area contributed by atoms with Gasteiger partial charge in [-0.05, 0) is 36.2 Å². The maximum atomic E-state index is 12.9. The molecule has 0 radical (unpaired) electrons. The maximum absolute atomic E-state index is 12.9. The first-order valence-corrected chi connectivity index (χ1v) is 10.0. The number of rotatable bonds is 2. The molecule has 1 aliphatic rings. The van der Waals surface area contributed by atoms with Crippen LogP contribution in [0.3, 0.4) is 0 Å². The lowest BCUT2D eigenvalue weighted by atomic mass is 10.1. The molecule has 4 rings (SSSR count). The van der Waals surface area contributed by atoms with Crippen molar-refractivity contribution in [3.63, 3.8) is 0 Å². The number of fused-ring (bicyclic) bond motifs is 1. The highest BCUT2D eigenvalue weighted by Gasteiger charge is 2.24. The number of hydrogen-bond donors (Lipinski definition) is 0. The fraction of sp³-hybridized carbons (Fsp3) is 0.250. The number of nitrogens with zero attached hydrogens (tertiary/aromatic N) is 3. The molecule has 1 atom stereocenters. The summed E-state index contributed by atoms with van der Waals surface area (Å²) in [4.78, 5) is 23.4. The van der Waals surface area contributed by atoms with Gasteiger partial charge in [0.15, 0.2) is 0 Å². The molecule has 1 unspecified atom stereocenters. The van der Waals surface area contributed by atoms with Crippen LogP contribution in [-0.4, -0.2) is 39.6 Å². The number of thioether (sulfide) groups is 1. The minimum absolute atomic E-state index is 0.0537. The predicted octanol–water partition coefficient (Wildman–Crippen LogP) is 4.60. The molecule has 0 N–H and O–H groups in total. The number of amides is 1. The van der Waals surface area contributed by atoms with E-state index >= 15 is 0 Å². The molecule has 6 heteroatoms. The topological polar surface area (TPSA) is 46.1 Å². The van der Waals surface area contributed by atoms with Crippen LogP contribution in [-0.2, 0) is 0 Å². The van der Waals surface area contributed by atoms with Gasteiger partial charge in [0.1, 0.15) is 0 Å². The van der Waals surface area contributed by atoms with Crippen molar-refractivity contribution in [2.24, 2.45) is 0 Å². The van der Waals surface area contributed by atoms with E-state index < -0.39 is 0 Å². The van der Waals surface area contributed by atoms with Gasteiger partial charge >= 0.3 is 0 Å². The Bertz CT molecular complexity index is 949. The zero-order valence-corrected chi connectivity index (χ0v) is 15.7. The van der Waals surface area contributed by atoms with Gasteiger partial charge in [0, 0.05) is 47.1 Å². The second kappa shape index (κ2) is 7.64. The summed E-state index contributed by atoms with van der Waals surface area (Å²) in [6.45, 7) is 1.46. The third-order valence-electron chi connectivity index (χ3n) is 4.60. The number of hydrogen-bond acceptors (Lipinski definition) is 4. The molecular weight excluding hydrogens is 366 g/mol. The Morgan fingerprint density at radius 1 is 1.08 bits per heavy atom. The highest BCUT2D eigenvalue weighted by molar-refractivity contribution is 7.99. The number of aromatic nitrogens is 2. The molecule has 26 heavy (non-hydrogen) atoms. The summed E-state index contributed by atoms with van der Waals surface area (Å²) < 4.78 is 0. The molecule has 2 aromatic carbocycles. The molecule has 0 saturated carbocycles. The number of carbonyl (C=O) groups is 1.